The Balaban J connectivity index is 1.77. The van der Waals surface area contributed by atoms with Gasteiger partial charge >= 0.3 is 11.9 Å². The molecule has 32 heavy (non-hydrogen) atoms. The first-order chi connectivity index (χ1) is 15.1. The summed E-state index contributed by atoms with van der Waals surface area (Å²) in [6.07, 6.45) is 0.610. The number of carbonyl (C=O) groups excluding carboxylic acids is 1. The molecule has 170 valence electrons. The predicted octanol–water partition coefficient (Wildman–Crippen LogP) is 1.66. The summed E-state index contributed by atoms with van der Waals surface area (Å²) in [7, 11) is -3.92. The van der Waals surface area contributed by atoms with Gasteiger partial charge in [-0.15, -0.1) is 0 Å². The van der Waals surface area contributed by atoms with Gasteiger partial charge in [0, 0.05) is 13.0 Å². The summed E-state index contributed by atoms with van der Waals surface area (Å²) >= 11 is 0. The molecular weight excluding hydrogens is 436 g/mol. The molecule has 0 spiro atoms. The number of benzene rings is 2. The number of rotatable bonds is 8. The molecule has 2 atom stereocenters. The number of carboxylic acids is 2. The molecular formula is C22H24N2O7S. The number of aryl methyl sites for hydroxylation is 1. The largest absolute Gasteiger partial charge is 0.480 e. The number of amides is 1. The van der Waals surface area contributed by atoms with Crippen LogP contribution in [0.2, 0.25) is 0 Å². The Bertz CT molecular complexity index is 1130. The minimum Gasteiger partial charge on any atom is -0.480 e. The summed E-state index contributed by atoms with van der Waals surface area (Å²) in [6.45, 7) is 1.99. The molecule has 10 heteroatoms. The maximum absolute atomic E-state index is 13.0. The fraction of sp³-hybridized carbons (Fsp3) is 0.318. The Morgan fingerprint density at radius 2 is 1.81 bits per heavy atom. The highest BCUT2D eigenvalue weighted by atomic mass is 32.2. The van der Waals surface area contributed by atoms with Crippen LogP contribution in [-0.2, 0) is 26.0 Å². The molecule has 1 amide bonds. The third-order valence-corrected chi connectivity index (χ3v) is 7.28. The van der Waals surface area contributed by atoms with Crippen molar-refractivity contribution < 1.29 is 33.0 Å². The predicted molar refractivity (Wildman–Crippen MR) is 115 cm³/mol. The van der Waals surface area contributed by atoms with Crippen LogP contribution in [0.4, 0.5) is 0 Å². The summed E-state index contributed by atoms with van der Waals surface area (Å²) in [6, 6.07) is 9.73. The molecule has 9 nitrogen and oxygen atoms in total. The van der Waals surface area contributed by atoms with Crippen molar-refractivity contribution in [2.45, 2.75) is 43.2 Å². The van der Waals surface area contributed by atoms with Crippen LogP contribution in [0.5, 0.6) is 0 Å². The minimum atomic E-state index is -3.92. The monoisotopic (exact) mass is 460 g/mol. The number of sulfonamides is 1. The van der Waals surface area contributed by atoms with E-state index < -0.39 is 40.0 Å². The maximum atomic E-state index is 13.0. The zero-order valence-corrected chi connectivity index (χ0v) is 18.2. The number of carbonyl (C=O) groups is 3. The zero-order chi connectivity index (χ0) is 23.5. The second kappa shape index (κ2) is 9.49. The average molecular weight is 461 g/mol. The fourth-order valence-electron chi connectivity index (χ4n) is 3.67. The van der Waals surface area contributed by atoms with E-state index in [-0.39, 0.29) is 29.8 Å². The lowest BCUT2D eigenvalue weighted by molar-refractivity contribution is -0.142. The van der Waals surface area contributed by atoms with E-state index in [1.54, 1.807) is 18.2 Å². The Hall–Kier alpha value is -3.24. The van der Waals surface area contributed by atoms with E-state index in [4.69, 9.17) is 5.11 Å². The van der Waals surface area contributed by atoms with Crippen LogP contribution < -0.4 is 5.32 Å². The van der Waals surface area contributed by atoms with Crippen LogP contribution in [0, 0.1) is 6.92 Å². The fourth-order valence-corrected chi connectivity index (χ4v) is 5.33. The lowest BCUT2D eigenvalue weighted by Gasteiger charge is -2.25. The van der Waals surface area contributed by atoms with Gasteiger partial charge in [-0.2, -0.15) is 4.31 Å². The van der Waals surface area contributed by atoms with Crippen molar-refractivity contribution in [3.05, 3.63) is 65.2 Å². The molecule has 3 N–H and O–H groups in total. The number of carboxylic acid groups (broad SMARTS) is 2. The van der Waals surface area contributed by atoms with Gasteiger partial charge < -0.3 is 15.5 Å². The van der Waals surface area contributed by atoms with Crippen LogP contribution in [-0.4, -0.2) is 59.4 Å². The van der Waals surface area contributed by atoms with Crippen molar-refractivity contribution in [3.63, 3.8) is 0 Å². The SMILES string of the molecule is Cc1ccc(S(=O)(=O)N2CCC[C@H]2C(=O)N[C@@H](Cc2cccc(C(=O)O)c2)C(=O)O)cc1. The first kappa shape index (κ1) is 23.4. The second-order valence-electron chi connectivity index (χ2n) is 7.70. The van der Waals surface area contributed by atoms with Gasteiger partial charge in [0.2, 0.25) is 15.9 Å². The number of aromatic carboxylic acids is 1. The molecule has 0 aliphatic carbocycles. The van der Waals surface area contributed by atoms with E-state index in [0.29, 0.717) is 12.0 Å². The highest BCUT2D eigenvalue weighted by Crippen LogP contribution is 2.26. The standard InChI is InChI=1S/C22H24N2O7S/c1-14-7-9-17(10-8-14)32(30,31)24-11-3-6-19(24)20(25)23-18(22(28)29)13-15-4-2-5-16(12-15)21(26)27/h2,4-5,7-10,12,18-19H,3,6,11,13H2,1H3,(H,23,25)(H,26,27)(H,28,29)/t18-,19-/m0/s1. The van der Waals surface area contributed by atoms with Gasteiger partial charge in [-0.25, -0.2) is 18.0 Å². The van der Waals surface area contributed by atoms with Gasteiger partial charge in [-0.05, 0) is 49.6 Å². The molecule has 1 heterocycles. The van der Waals surface area contributed by atoms with Crippen molar-refractivity contribution in [2.75, 3.05) is 6.54 Å². The van der Waals surface area contributed by atoms with Crippen LogP contribution in [0.1, 0.15) is 34.3 Å². The number of aliphatic carboxylic acids is 1. The van der Waals surface area contributed by atoms with Crippen molar-refractivity contribution in [1.82, 2.24) is 9.62 Å². The van der Waals surface area contributed by atoms with Crippen LogP contribution in [0.15, 0.2) is 53.4 Å². The van der Waals surface area contributed by atoms with Crippen molar-refractivity contribution in [3.8, 4) is 0 Å². The van der Waals surface area contributed by atoms with Gasteiger partial charge in [-0.3, -0.25) is 4.79 Å². The molecule has 2 aromatic rings. The third kappa shape index (κ3) is 5.14. The molecule has 3 rings (SSSR count). The minimum absolute atomic E-state index is 0.00382. The first-order valence-electron chi connectivity index (χ1n) is 10.0. The molecule has 1 saturated heterocycles. The second-order valence-corrected chi connectivity index (χ2v) is 9.59. The lowest BCUT2D eigenvalue weighted by atomic mass is 10.0. The first-order valence-corrected chi connectivity index (χ1v) is 11.5. The normalized spacial score (nSPS) is 17.6. The molecule has 0 unspecified atom stereocenters. The van der Waals surface area contributed by atoms with Gasteiger partial charge in [0.25, 0.3) is 0 Å². The van der Waals surface area contributed by atoms with E-state index in [0.717, 1.165) is 9.87 Å². The van der Waals surface area contributed by atoms with E-state index >= 15 is 0 Å². The van der Waals surface area contributed by atoms with Gasteiger partial charge in [-0.1, -0.05) is 29.8 Å². The van der Waals surface area contributed by atoms with E-state index in [2.05, 4.69) is 5.32 Å². The van der Waals surface area contributed by atoms with Gasteiger partial charge in [0.1, 0.15) is 12.1 Å². The Morgan fingerprint density at radius 3 is 2.44 bits per heavy atom. The number of hydrogen-bond acceptors (Lipinski definition) is 5. The number of hydrogen-bond donors (Lipinski definition) is 3. The zero-order valence-electron chi connectivity index (χ0n) is 17.4. The highest BCUT2D eigenvalue weighted by molar-refractivity contribution is 7.89. The van der Waals surface area contributed by atoms with E-state index in [1.165, 1.54) is 30.3 Å². The Labute approximate surface area is 185 Å². The maximum Gasteiger partial charge on any atom is 0.335 e. The smallest absolute Gasteiger partial charge is 0.335 e. The van der Waals surface area contributed by atoms with Crippen LogP contribution in [0.3, 0.4) is 0 Å². The summed E-state index contributed by atoms with van der Waals surface area (Å²) < 4.78 is 27.2. The van der Waals surface area contributed by atoms with Crippen molar-refractivity contribution in [1.29, 1.82) is 0 Å². The molecule has 2 aromatic carbocycles. The quantitative estimate of drug-likeness (QED) is 0.544. The molecule has 1 aliphatic rings. The lowest BCUT2D eigenvalue weighted by Crippen LogP contribution is -2.51. The van der Waals surface area contributed by atoms with E-state index in [1.807, 2.05) is 6.92 Å². The molecule has 1 fully saturated rings. The third-order valence-electron chi connectivity index (χ3n) is 5.36. The molecule has 0 aromatic heterocycles. The summed E-state index contributed by atoms with van der Waals surface area (Å²) in [5, 5.41) is 21.1. The van der Waals surface area contributed by atoms with Crippen molar-refractivity contribution >= 4 is 27.9 Å². The molecule has 0 radical (unpaired) electrons. The van der Waals surface area contributed by atoms with Gasteiger partial charge in [0.05, 0.1) is 10.5 Å². The van der Waals surface area contributed by atoms with Crippen LogP contribution in [0.25, 0.3) is 0 Å². The number of nitrogens with zero attached hydrogens (tertiary/aromatic N) is 1. The topological polar surface area (TPSA) is 141 Å². The van der Waals surface area contributed by atoms with Crippen LogP contribution >= 0.6 is 0 Å². The summed E-state index contributed by atoms with van der Waals surface area (Å²) in [5.41, 5.74) is 1.33. The highest BCUT2D eigenvalue weighted by Gasteiger charge is 2.40. The summed E-state index contributed by atoms with van der Waals surface area (Å²) in [5.74, 6) is -3.14. The summed E-state index contributed by atoms with van der Waals surface area (Å²) in [4.78, 5) is 35.8. The molecule has 1 aliphatic heterocycles. The molecule has 0 bridgehead atoms. The Morgan fingerprint density at radius 1 is 1.12 bits per heavy atom. The average Bonchev–Trinajstić information content (AvgIpc) is 3.25. The molecule has 0 saturated carbocycles. The number of nitrogens with one attached hydrogen (secondary N) is 1. The Kier molecular flexibility index (Phi) is 6.95. The van der Waals surface area contributed by atoms with E-state index in [9.17, 15) is 27.9 Å². The van der Waals surface area contributed by atoms with Crippen molar-refractivity contribution in [2.24, 2.45) is 0 Å². The van der Waals surface area contributed by atoms with Gasteiger partial charge in [0.15, 0.2) is 0 Å².